The van der Waals surface area contributed by atoms with E-state index in [4.69, 9.17) is 4.74 Å². The van der Waals surface area contributed by atoms with Gasteiger partial charge in [0.25, 0.3) is 0 Å². The molecular weight excluding hydrogens is 176 g/mol. The highest BCUT2D eigenvalue weighted by molar-refractivity contribution is 4.83. The lowest BCUT2D eigenvalue weighted by molar-refractivity contribution is -0.0296. The van der Waals surface area contributed by atoms with E-state index in [9.17, 15) is 0 Å². The summed E-state index contributed by atoms with van der Waals surface area (Å²) in [6, 6.07) is 0. The van der Waals surface area contributed by atoms with Crippen LogP contribution in [0.15, 0.2) is 0 Å². The van der Waals surface area contributed by atoms with Gasteiger partial charge >= 0.3 is 0 Å². The normalized spacial score (nSPS) is 33.4. The van der Waals surface area contributed by atoms with E-state index >= 15 is 0 Å². The maximum absolute atomic E-state index is 5.99. The summed E-state index contributed by atoms with van der Waals surface area (Å²) < 4.78 is 5.99. The van der Waals surface area contributed by atoms with Crippen LogP contribution >= 0.6 is 0 Å². The quantitative estimate of drug-likeness (QED) is 0.712. The summed E-state index contributed by atoms with van der Waals surface area (Å²) >= 11 is 0. The first-order valence-corrected chi connectivity index (χ1v) is 5.77. The van der Waals surface area contributed by atoms with E-state index in [1.807, 2.05) is 0 Å². The third kappa shape index (κ3) is 2.69. The summed E-state index contributed by atoms with van der Waals surface area (Å²) in [4.78, 5) is 2.52. The molecule has 2 rings (SSSR count). The van der Waals surface area contributed by atoms with Crippen LogP contribution < -0.4 is 5.32 Å². The molecule has 0 aliphatic carbocycles. The molecule has 0 aromatic rings. The van der Waals surface area contributed by atoms with E-state index in [1.165, 1.54) is 25.9 Å². The van der Waals surface area contributed by atoms with Gasteiger partial charge in [0.15, 0.2) is 0 Å². The van der Waals surface area contributed by atoms with E-state index in [0.29, 0.717) is 6.10 Å². The molecule has 0 aromatic heterocycles. The number of nitrogens with zero attached hydrogens (tertiary/aromatic N) is 1. The van der Waals surface area contributed by atoms with Gasteiger partial charge in [-0.1, -0.05) is 0 Å². The summed E-state index contributed by atoms with van der Waals surface area (Å²) in [5.74, 6) is 0. The first-order chi connectivity index (χ1) is 6.66. The van der Waals surface area contributed by atoms with Gasteiger partial charge in [-0.3, -0.25) is 4.90 Å². The zero-order valence-electron chi connectivity index (χ0n) is 9.38. The standard InChI is InChI=1S/C11H22N2O/c1-11(2)4-3-10(14-11)9-13-7-5-12-6-8-13/h10,12H,3-9H2,1-2H3. The number of hydrogen-bond acceptors (Lipinski definition) is 3. The van der Waals surface area contributed by atoms with Crippen LogP contribution in [0.2, 0.25) is 0 Å². The lowest BCUT2D eigenvalue weighted by Gasteiger charge is -2.30. The smallest absolute Gasteiger partial charge is 0.0710 e. The van der Waals surface area contributed by atoms with Gasteiger partial charge in [-0.15, -0.1) is 0 Å². The minimum Gasteiger partial charge on any atom is -0.371 e. The fourth-order valence-electron chi connectivity index (χ4n) is 2.39. The van der Waals surface area contributed by atoms with Crippen molar-refractivity contribution in [1.82, 2.24) is 10.2 Å². The molecule has 0 radical (unpaired) electrons. The van der Waals surface area contributed by atoms with Gasteiger partial charge in [0.05, 0.1) is 11.7 Å². The average Bonchev–Trinajstić information content (AvgIpc) is 2.47. The molecule has 0 bridgehead atoms. The predicted octanol–water partition coefficient (Wildman–Crippen LogP) is 0.849. The van der Waals surface area contributed by atoms with Gasteiger partial charge in [0, 0.05) is 32.7 Å². The van der Waals surface area contributed by atoms with Crippen LogP contribution in [0.5, 0.6) is 0 Å². The predicted molar refractivity (Wildman–Crippen MR) is 57.5 cm³/mol. The molecule has 14 heavy (non-hydrogen) atoms. The number of rotatable bonds is 2. The molecule has 2 fully saturated rings. The van der Waals surface area contributed by atoms with E-state index in [0.717, 1.165) is 19.6 Å². The molecule has 1 N–H and O–H groups in total. The highest BCUT2D eigenvalue weighted by atomic mass is 16.5. The maximum atomic E-state index is 5.99. The van der Waals surface area contributed by atoms with E-state index in [-0.39, 0.29) is 5.60 Å². The molecule has 2 aliphatic rings. The van der Waals surface area contributed by atoms with Gasteiger partial charge in [-0.2, -0.15) is 0 Å². The van der Waals surface area contributed by atoms with Crippen molar-refractivity contribution in [3.8, 4) is 0 Å². The van der Waals surface area contributed by atoms with Gasteiger partial charge in [-0.05, 0) is 26.7 Å². The second-order valence-electron chi connectivity index (χ2n) is 5.09. The molecule has 3 nitrogen and oxygen atoms in total. The van der Waals surface area contributed by atoms with Crippen molar-refractivity contribution in [3.05, 3.63) is 0 Å². The zero-order valence-corrected chi connectivity index (χ0v) is 9.38. The molecular formula is C11H22N2O. The Hall–Kier alpha value is -0.120. The molecule has 0 amide bonds. The molecule has 0 saturated carbocycles. The Labute approximate surface area is 86.8 Å². The maximum Gasteiger partial charge on any atom is 0.0710 e. The Morgan fingerprint density at radius 2 is 2.07 bits per heavy atom. The fourth-order valence-corrected chi connectivity index (χ4v) is 2.39. The van der Waals surface area contributed by atoms with Crippen LogP contribution in [0.3, 0.4) is 0 Å². The van der Waals surface area contributed by atoms with Crippen molar-refractivity contribution in [2.24, 2.45) is 0 Å². The van der Waals surface area contributed by atoms with E-state index < -0.39 is 0 Å². The number of hydrogen-bond donors (Lipinski definition) is 1. The molecule has 0 aromatic carbocycles. The molecule has 0 spiro atoms. The fraction of sp³-hybridized carbons (Fsp3) is 1.00. The van der Waals surface area contributed by atoms with Crippen molar-refractivity contribution >= 4 is 0 Å². The van der Waals surface area contributed by atoms with Crippen LogP contribution in [-0.2, 0) is 4.74 Å². The highest BCUT2D eigenvalue weighted by Gasteiger charge is 2.32. The molecule has 2 heterocycles. The van der Waals surface area contributed by atoms with Gasteiger partial charge in [-0.25, -0.2) is 0 Å². The molecule has 1 atom stereocenters. The van der Waals surface area contributed by atoms with Crippen molar-refractivity contribution in [1.29, 1.82) is 0 Å². The zero-order chi connectivity index (χ0) is 10.0. The van der Waals surface area contributed by atoms with Crippen LogP contribution in [-0.4, -0.2) is 49.3 Å². The Morgan fingerprint density at radius 1 is 1.36 bits per heavy atom. The monoisotopic (exact) mass is 198 g/mol. The second-order valence-corrected chi connectivity index (χ2v) is 5.09. The summed E-state index contributed by atoms with van der Waals surface area (Å²) in [5.41, 5.74) is 0.124. The number of piperazine rings is 1. The van der Waals surface area contributed by atoms with Crippen molar-refractivity contribution in [3.63, 3.8) is 0 Å². The molecule has 1 unspecified atom stereocenters. The number of nitrogens with one attached hydrogen (secondary N) is 1. The van der Waals surface area contributed by atoms with Crippen LogP contribution in [0, 0.1) is 0 Å². The molecule has 2 aliphatic heterocycles. The van der Waals surface area contributed by atoms with Crippen LogP contribution in [0.25, 0.3) is 0 Å². The average molecular weight is 198 g/mol. The Morgan fingerprint density at radius 3 is 2.64 bits per heavy atom. The topological polar surface area (TPSA) is 24.5 Å². The first-order valence-electron chi connectivity index (χ1n) is 5.77. The Bertz CT molecular complexity index is 188. The second kappa shape index (κ2) is 4.17. The van der Waals surface area contributed by atoms with Crippen molar-refractivity contribution < 1.29 is 4.74 Å². The summed E-state index contributed by atoms with van der Waals surface area (Å²) in [7, 11) is 0. The SMILES string of the molecule is CC1(C)CCC(CN2CCNCC2)O1. The van der Waals surface area contributed by atoms with Crippen LogP contribution in [0.1, 0.15) is 26.7 Å². The Kier molecular flexibility index (Phi) is 3.10. The third-order valence-corrected chi connectivity index (χ3v) is 3.23. The van der Waals surface area contributed by atoms with Crippen LogP contribution in [0.4, 0.5) is 0 Å². The number of ether oxygens (including phenoxy) is 1. The summed E-state index contributed by atoms with van der Waals surface area (Å²) in [5, 5.41) is 3.37. The van der Waals surface area contributed by atoms with Crippen molar-refractivity contribution in [2.45, 2.75) is 38.4 Å². The summed E-state index contributed by atoms with van der Waals surface area (Å²) in [6.07, 6.45) is 2.92. The molecule has 3 heteroatoms. The lowest BCUT2D eigenvalue weighted by Crippen LogP contribution is -2.46. The Balaban J connectivity index is 1.75. The molecule has 2 saturated heterocycles. The van der Waals surface area contributed by atoms with Gasteiger partial charge in [0.2, 0.25) is 0 Å². The van der Waals surface area contributed by atoms with Gasteiger partial charge in [0.1, 0.15) is 0 Å². The minimum absolute atomic E-state index is 0.124. The first kappa shape index (κ1) is 10.4. The molecule has 82 valence electrons. The summed E-state index contributed by atoms with van der Waals surface area (Å²) in [6.45, 7) is 10.2. The lowest BCUT2D eigenvalue weighted by atomic mass is 10.1. The van der Waals surface area contributed by atoms with E-state index in [1.54, 1.807) is 0 Å². The highest BCUT2D eigenvalue weighted by Crippen LogP contribution is 2.29. The van der Waals surface area contributed by atoms with Crippen molar-refractivity contribution in [2.75, 3.05) is 32.7 Å². The third-order valence-electron chi connectivity index (χ3n) is 3.23. The van der Waals surface area contributed by atoms with E-state index in [2.05, 4.69) is 24.1 Å². The minimum atomic E-state index is 0.124. The van der Waals surface area contributed by atoms with Gasteiger partial charge < -0.3 is 10.1 Å². The largest absolute Gasteiger partial charge is 0.371 e.